The first kappa shape index (κ1) is 15.1. The fourth-order valence-corrected chi connectivity index (χ4v) is 2.86. The molecule has 1 unspecified atom stereocenters. The number of ether oxygens (including phenoxy) is 2. The van der Waals surface area contributed by atoms with Crippen LogP contribution in [-0.4, -0.2) is 38.8 Å². The third-order valence-corrected chi connectivity index (χ3v) is 4.37. The zero-order chi connectivity index (χ0) is 14.8. The van der Waals surface area contributed by atoms with Crippen LogP contribution >= 0.6 is 0 Å². The maximum absolute atomic E-state index is 5.87. The van der Waals surface area contributed by atoms with Crippen molar-refractivity contribution in [3.63, 3.8) is 0 Å². The quantitative estimate of drug-likeness (QED) is 0.897. The predicted molar refractivity (Wildman–Crippen MR) is 81.3 cm³/mol. The highest BCUT2D eigenvalue weighted by Crippen LogP contribution is 2.33. The van der Waals surface area contributed by atoms with Crippen LogP contribution in [0.2, 0.25) is 0 Å². The van der Waals surface area contributed by atoms with E-state index in [4.69, 9.17) is 15.2 Å². The molecular weight excluding hydrogens is 252 g/mol. The van der Waals surface area contributed by atoms with Crippen LogP contribution in [0.4, 0.5) is 0 Å². The summed E-state index contributed by atoms with van der Waals surface area (Å²) in [5.74, 6) is 1.59. The molecule has 0 radical (unpaired) electrons. The maximum Gasteiger partial charge on any atom is 0.161 e. The van der Waals surface area contributed by atoms with Gasteiger partial charge < -0.3 is 15.2 Å². The summed E-state index contributed by atoms with van der Waals surface area (Å²) in [4.78, 5) is 2.47. The summed E-state index contributed by atoms with van der Waals surface area (Å²) in [7, 11) is 3.35. The molecule has 4 heteroatoms. The summed E-state index contributed by atoms with van der Waals surface area (Å²) < 4.78 is 10.7. The van der Waals surface area contributed by atoms with Crippen molar-refractivity contribution >= 4 is 0 Å². The zero-order valence-corrected chi connectivity index (χ0v) is 13.0. The van der Waals surface area contributed by atoms with E-state index in [1.165, 1.54) is 17.5 Å². The highest BCUT2D eigenvalue weighted by atomic mass is 16.5. The van der Waals surface area contributed by atoms with E-state index in [0.717, 1.165) is 37.7 Å². The zero-order valence-electron chi connectivity index (χ0n) is 13.0. The summed E-state index contributed by atoms with van der Waals surface area (Å²) in [5, 5.41) is 0. The summed E-state index contributed by atoms with van der Waals surface area (Å²) in [5.41, 5.74) is 8.68. The van der Waals surface area contributed by atoms with Gasteiger partial charge in [0, 0.05) is 13.1 Å². The minimum absolute atomic E-state index is 0.268. The number of rotatable bonds is 5. The largest absolute Gasteiger partial charge is 0.493 e. The summed E-state index contributed by atoms with van der Waals surface area (Å²) in [6.45, 7) is 8.28. The second kappa shape index (κ2) is 6.02. The van der Waals surface area contributed by atoms with Gasteiger partial charge >= 0.3 is 0 Å². The van der Waals surface area contributed by atoms with Crippen molar-refractivity contribution in [3.05, 3.63) is 23.3 Å². The fraction of sp³-hybridized carbons (Fsp3) is 0.625. The Kier molecular flexibility index (Phi) is 4.55. The molecule has 0 amide bonds. The molecule has 0 aliphatic carbocycles. The van der Waals surface area contributed by atoms with Gasteiger partial charge in [0.25, 0.3) is 0 Å². The highest BCUT2D eigenvalue weighted by molar-refractivity contribution is 5.47. The lowest BCUT2D eigenvalue weighted by atomic mass is 9.90. The topological polar surface area (TPSA) is 47.7 Å². The van der Waals surface area contributed by atoms with E-state index >= 15 is 0 Å². The minimum atomic E-state index is 0.268. The summed E-state index contributed by atoms with van der Waals surface area (Å²) in [6, 6.07) is 4.14. The molecule has 0 saturated carbocycles. The van der Waals surface area contributed by atoms with Gasteiger partial charge in [-0.25, -0.2) is 0 Å². The van der Waals surface area contributed by atoms with Gasteiger partial charge in [-0.3, -0.25) is 4.90 Å². The smallest absolute Gasteiger partial charge is 0.161 e. The van der Waals surface area contributed by atoms with E-state index < -0.39 is 0 Å². The second-order valence-electron chi connectivity index (χ2n) is 6.11. The lowest BCUT2D eigenvalue weighted by Gasteiger charge is -2.23. The molecule has 2 rings (SSSR count). The maximum atomic E-state index is 5.87. The first-order valence-corrected chi connectivity index (χ1v) is 7.15. The molecule has 1 aromatic carbocycles. The number of nitrogens with two attached hydrogens (primary N) is 1. The van der Waals surface area contributed by atoms with Crippen molar-refractivity contribution in [3.8, 4) is 11.5 Å². The number of nitrogens with zero attached hydrogens (tertiary/aromatic N) is 1. The number of likely N-dealkylation sites (tertiary alicyclic amines) is 1. The molecule has 0 spiro atoms. The van der Waals surface area contributed by atoms with E-state index in [-0.39, 0.29) is 5.41 Å². The average molecular weight is 278 g/mol. The predicted octanol–water partition coefficient (Wildman–Crippen LogP) is 2.18. The number of aryl methyl sites for hydroxylation is 1. The van der Waals surface area contributed by atoms with Crippen molar-refractivity contribution in [1.29, 1.82) is 0 Å². The molecule has 1 aliphatic heterocycles. The lowest BCUT2D eigenvalue weighted by Crippen LogP contribution is -2.31. The molecule has 1 atom stereocenters. The van der Waals surface area contributed by atoms with Crippen LogP contribution in [0.1, 0.15) is 24.5 Å². The average Bonchev–Trinajstić information content (AvgIpc) is 2.83. The third kappa shape index (κ3) is 3.07. The minimum Gasteiger partial charge on any atom is -0.493 e. The molecule has 0 aromatic heterocycles. The highest BCUT2D eigenvalue weighted by Gasteiger charge is 2.32. The van der Waals surface area contributed by atoms with Gasteiger partial charge in [-0.2, -0.15) is 0 Å². The van der Waals surface area contributed by atoms with Gasteiger partial charge in [-0.1, -0.05) is 6.92 Å². The Balaban J connectivity index is 2.14. The molecule has 0 bridgehead atoms. The Labute approximate surface area is 121 Å². The third-order valence-electron chi connectivity index (χ3n) is 4.37. The van der Waals surface area contributed by atoms with Crippen LogP contribution in [0.25, 0.3) is 0 Å². The Morgan fingerprint density at radius 3 is 2.45 bits per heavy atom. The van der Waals surface area contributed by atoms with Crippen LogP contribution in [-0.2, 0) is 6.54 Å². The standard InChI is InChI=1S/C16H26N2O2/c1-12-7-14(19-3)15(20-4)8-13(12)9-18-6-5-16(2,10-17)11-18/h7-8H,5-6,9-11,17H2,1-4H3. The normalized spacial score (nSPS) is 23.1. The molecule has 4 nitrogen and oxygen atoms in total. The SMILES string of the molecule is COc1cc(C)c(CN2CCC(C)(CN)C2)cc1OC. The molecule has 2 N–H and O–H groups in total. The second-order valence-corrected chi connectivity index (χ2v) is 6.11. The van der Waals surface area contributed by atoms with Crippen molar-refractivity contribution in [2.45, 2.75) is 26.8 Å². The number of hydrogen-bond donors (Lipinski definition) is 1. The van der Waals surface area contributed by atoms with Crippen LogP contribution in [0.3, 0.4) is 0 Å². The van der Waals surface area contributed by atoms with Gasteiger partial charge in [0.15, 0.2) is 11.5 Å². The number of benzene rings is 1. The van der Waals surface area contributed by atoms with Crippen LogP contribution in [0.5, 0.6) is 11.5 Å². The van der Waals surface area contributed by atoms with E-state index in [2.05, 4.69) is 24.8 Å². The fourth-order valence-electron chi connectivity index (χ4n) is 2.86. The molecule has 1 aromatic rings. The molecule has 1 heterocycles. The number of methoxy groups -OCH3 is 2. The van der Waals surface area contributed by atoms with Crippen molar-refractivity contribution in [2.75, 3.05) is 33.9 Å². The number of hydrogen-bond acceptors (Lipinski definition) is 4. The molecule has 1 saturated heterocycles. The van der Waals surface area contributed by atoms with Crippen molar-refractivity contribution in [2.24, 2.45) is 11.1 Å². The van der Waals surface area contributed by atoms with Gasteiger partial charge in [-0.15, -0.1) is 0 Å². The Morgan fingerprint density at radius 2 is 1.90 bits per heavy atom. The monoisotopic (exact) mass is 278 g/mol. The van der Waals surface area contributed by atoms with Gasteiger partial charge in [0.05, 0.1) is 14.2 Å². The molecule has 112 valence electrons. The molecular formula is C16H26N2O2. The molecule has 20 heavy (non-hydrogen) atoms. The summed E-state index contributed by atoms with van der Waals surface area (Å²) in [6.07, 6.45) is 1.18. The van der Waals surface area contributed by atoms with E-state index in [1.807, 2.05) is 6.07 Å². The Hall–Kier alpha value is -1.26. The Bertz CT molecular complexity index is 476. The van der Waals surface area contributed by atoms with E-state index in [0.29, 0.717) is 0 Å². The van der Waals surface area contributed by atoms with E-state index in [9.17, 15) is 0 Å². The van der Waals surface area contributed by atoms with Gasteiger partial charge in [0.2, 0.25) is 0 Å². The molecule has 1 fully saturated rings. The van der Waals surface area contributed by atoms with E-state index in [1.54, 1.807) is 14.2 Å². The van der Waals surface area contributed by atoms with Gasteiger partial charge in [0.1, 0.15) is 0 Å². The van der Waals surface area contributed by atoms with Crippen LogP contribution in [0, 0.1) is 12.3 Å². The first-order valence-electron chi connectivity index (χ1n) is 7.15. The molecule has 1 aliphatic rings. The first-order chi connectivity index (χ1) is 9.51. The van der Waals surface area contributed by atoms with Crippen molar-refractivity contribution in [1.82, 2.24) is 4.90 Å². The lowest BCUT2D eigenvalue weighted by molar-refractivity contribution is 0.273. The van der Waals surface area contributed by atoms with Crippen LogP contribution < -0.4 is 15.2 Å². The van der Waals surface area contributed by atoms with Crippen molar-refractivity contribution < 1.29 is 9.47 Å². The summed E-state index contributed by atoms with van der Waals surface area (Å²) >= 11 is 0. The van der Waals surface area contributed by atoms with Crippen LogP contribution in [0.15, 0.2) is 12.1 Å². The Morgan fingerprint density at radius 1 is 1.25 bits per heavy atom. The van der Waals surface area contributed by atoms with Gasteiger partial charge in [-0.05, 0) is 55.1 Å².